The first-order valence-electron chi connectivity index (χ1n) is 12.9. The Morgan fingerprint density at radius 2 is 1.85 bits per heavy atom. The van der Waals surface area contributed by atoms with Crippen molar-refractivity contribution in [3.63, 3.8) is 0 Å². The van der Waals surface area contributed by atoms with Gasteiger partial charge in [0.05, 0.1) is 12.5 Å². The molecular formula is C30H39NO3. The van der Waals surface area contributed by atoms with E-state index in [0.29, 0.717) is 11.8 Å². The lowest BCUT2D eigenvalue weighted by Crippen LogP contribution is -2.48. The summed E-state index contributed by atoms with van der Waals surface area (Å²) >= 11 is 0. The molecule has 3 atom stereocenters. The summed E-state index contributed by atoms with van der Waals surface area (Å²) in [6.45, 7) is 5.71. The van der Waals surface area contributed by atoms with Crippen molar-refractivity contribution in [2.75, 3.05) is 13.7 Å². The van der Waals surface area contributed by atoms with Gasteiger partial charge in [-0.25, -0.2) is 0 Å². The Labute approximate surface area is 204 Å². The molecule has 2 aromatic carbocycles. The molecule has 2 aromatic rings. The van der Waals surface area contributed by atoms with Crippen molar-refractivity contribution in [1.82, 2.24) is 5.32 Å². The van der Waals surface area contributed by atoms with Crippen LogP contribution in [0.2, 0.25) is 0 Å². The summed E-state index contributed by atoms with van der Waals surface area (Å²) in [5.41, 5.74) is 1.83. The van der Waals surface area contributed by atoms with Gasteiger partial charge in [0.1, 0.15) is 11.9 Å². The minimum atomic E-state index is -0.494. The van der Waals surface area contributed by atoms with Gasteiger partial charge in [-0.2, -0.15) is 0 Å². The van der Waals surface area contributed by atoms with Gasteiger partial charge in [-0.15, -0.1) is 6.58 Å². The minimum Gasteiger partial charge on any atom is -0.497 e. The second-order valence-electron chi connectivity index (χ2n) is 9.92. The lowest BCUT2D eigenvalue weighted by molar-refractivity contribution is -0.169. The number of carbonyl (C=O) groups excluding carboxylic acids is 1. The third-order valence-electron chi connectivity index (χ3n) is 7.89. The van der Waals surface area contributed by atoms with E-state index in [-0.39, 0.29) is 12.1 Å². The molecule has 34 heavy (non-hydrogen) atoms. The van der Waals surface area contributed by atoms with Crippen LogP contribution < -0.4 is 10.1 Å². The van der Waals surface area contributed by atoms with Gasteiger partial charge in [-0.3, -0.25) is 4.79 Å². The van der Waals surface area contributed by atoms with E-state index in [1.807, 2.05) is 36.4 Å². The van der Waals surface area contributed by atoms with E-state index >= 15 is 0 Å². The number of nitrogens with one attached hydrogen (secondary N) is 1. The number of ether oxygens (including phenoxy) is 2. The summed E-state index contributed by atoms with van der Waals surface area (Å²) in [6, 6.07) is 18.5. The van der Waals surface area contributed by atoms with Gasteiger partial charge >= 0.3 is 5.97 Å². The summed E-state index contributed by atoms with van der Waals surface area (Å²) < 4.78 is 11.6. The maximum absolute atomic E-state index is 13.7. The molecule has 0 amide bonds. The highest BCUT2D eigenvalue weighted by Crippen LogP contribution is 2.44. The second-order valence-corrected chi connectivity index (χ2v) is 9.92. The molecule has 4 nitrogen and oxygen atoms in total. The molecule has 1 N–H and O–H groups in total. The van der Waals surface area contributed by atoms with Crippen LogP contribution in [-0.4, -0.2) is 25.7 Å². The zero-order chi connectivity index (χ0) is 23.8. The Balaban J connectivity index is 1.36. The maximum atomic E-state index is 13.7. The van der Waals surface area contributed by atoms with E-state index in [1.54, 1.807) is 7.11 Å². The van der Waals surface area contributed by atoms with Crippen LogP contribution in [0.25, 0.3) is 0 Å². The highest BCUT2D eigenvalue weighted by molar-refractivity contribution is 5.83. The van der Waals surface area contributed by atoms with Gasteiger partial charge in [0.15, 0.2) is 0 Å². The van der Waals surface area contributed by atoms with Crippen LogP contribution in [0.15, 0.2) is 67.3 Å². The third-order valence-corrected chi connectivity index (χ3v) is 7.89. The van der Waals surface area contributed by atoms with Gasteiger partial charge in [-0.05, 0) is 61.4 Å². The quantitative estimate of drug-likeness (QED) is 0.198. The van der Waals surface area contributed by atoms with Gasteiger partial charge in [-0.1, -0.05) is 74.2 Å². The van der Waals surface area contributed by atoms with E-state index in [4.69, 9.17) is 9.47 Å². The Morgan fingerprint density at radius 1 is 1.09 bits per heavy atom. The number of rotatable bonds is 10. The number of esters is 1. The van der Waals surface area contributed by atoms with Crippen molar-refractivity contribution in [2.24, 2.45) is 11.8 Å². The van der Waals surface area contributed by atoms with Crippen molar-refractivity contribution in [1.29, 1.82) is 0 Å². The van der Waals surface area contributed by atoms with Crippen molar-refractivity contribution < 1.29 is 14.3 Å². The molecular weight excluding hydrogens is 422 g/mol. The SMILES string of the molecule is C=CC1C[C@H](OC(=O)C2(c3ccccc3)CCCCCC2)C1CCNCc1cccc(OC)c1. The molecule has 0 saturated heterocycles. The van der Waals surface area contributed by atoms with Crippen LogP contribution >= 0.6 is 0 Å². The Morgan fingerprint density at radius 3 is 2.56 bits per heavy atom. The predicted octanol–water partition coefficient (Wildman–Crippen LogP) is 6.20. The number of methoxy groups -OCH3 is 1. The molecule has 2 fully saturated rings. The summed E-state index contributed by atoms with van der Waals surface area (Å²) in [5, 5.41) is 3.55. The van der Waals surface area contributed by atoms with Crippen LogP contribution in [0.1, 0.15) is 62.5 Å². The molecule has 2 aliphatic rings. The first kappa shape index (κ1) is 24.5. The predicted molar refractivity (Wildman–Crippen MR) is 137 cm³/mol. The van der Waals surface area contributed by atoms with Crippen molar-refractivity contribution in [2.45, 2.75) is 69.4 Å². The van der Waals surface area contributed by atoms with Crippen molar-refractivity contribution in [3.05, 3.63) is 78.4 Å². The van der Waals surface area contributed by atoms with E-state index in [0.717, 1.165) is 62.9 Å². The molecule has 0 radical (unpaired) electrons. The standard InChI is InChI=1S/C30H39NO3/c1-3-24-21-28(27(24)16-19-31-22-23-12-11-15-26(20-23)33-2)34-29(32)30(17-9-4-5-10-18-30)25-13-7-6-8-14-25/h3,6-8,11-15,20,24,27-28,31H,1,4-5,9-10,16-19,21-22H2,2H3/t24?,27?,28-/m0/s1. The average Bonchev–Trinajstić information content (AvgIpc) is 3.14. The second kappa shape index (κ2) is 11.7. The number of benzene rings is 2. The number of hydrogen-bond donors (Lipinski definition) is 1. The fourth-order valence-corrected chi connectivity index (χ4v) is 5.74. The Bertz CT molecular complexity index is 933. The van der Waals surface area contributed by atoms with Gasteiger partial charge in [0, 0.05) is 12.5 Å². The molecule has 2 saturated carbocycles. The zero-order valence-electron chi connectivity index (χ0n) is 20.5. The molecule has 2 unspecified atom stereocenters. The fraction of sp³-hybridized carbons (Fsp3) is 0.500. The lowest BCUT2D eigenvalue weighted by atomic mass is 9.68. The first-order chi connectivity index (χ1) is 16.7. The van der Waals surface area contributed by atoms with E-state index in [2.05, 4.69) is 36.2 Å². The highest BCUT2D eigenvalue weighted by Gasteiger charge is 2.47. The smallest absolute Gasteiger partial charge is 0.316 e. The molecule has 0 spiro atoms. The lowest BCUT2D eigenvalue weighted by Gasteiger charge is -2.44. The van der Waals surface area contributed by atoms with E-state index < -0.39 is 5.41 Å². The average molecular weight is 462 g/mol. The normalized spacial score (nSPS) is 23.9. The van der Waals surface area contributed by atoms with Crippen LogP contribution in [-0.2, 0) is 21.5 Å². The van der Waals surface area contributed by atoms with Crippen molar-refractivity contribution in [3.8, 4) is 5.75 Å². The molecule has 4 heteroatoms. The topological polar surface area (TPSA) is 47.6 Å². The van der Waals surface area contributed by atoms with Crippen LogP contribution in [0.4, 0.5) is 0 Å². The molecule has 4 rings (SSSR count). The van der Waals surface area contributed by atoms with Crippen molar-refractivity contribution >= 4 is 5.97 Å². The van der Waals surface area contributed by atoms with Gasteiger partial charge in [0.2, 0.25) is 0 Å². The molecule has 0 heterocycles. The largest absolute Gasteiger partial charge is 0.497 e. The number of hydrogen-bond acceptors (Lipinski definition) is 4. The Hall–Kier alpha value is -2.59. The molecule has 0 aromatic heterocycles. The zero-order valence-corrected chi connectivity index (χ0v) is 20.5. The highest BCUT2D eigenvalue weighted by atomic mass is 16.5. The summed E-state index contributed by atoms with van der Waals surface area (Å²) in [5.74, 6) is 1.61. The molecule has 0 aliphatic heterocycles. The monoisotopic (exact) mass is 461 g/mol. The number of allylic oxidation sites excluding steroid dienone is 1. The maximum Gasteiger partial charge on any atom is 0.316 e. The van der Waals surface area contributed by atoms with E-state index in [1.165, 1.54) is 18.4 Å². The molecule has 182 valence electrons. The summed E-state index contributed by atoms with van der Waals surface area (Å²) in [4.78, 5) is 13.7. The fourth-order valence-electron chi connectivity index (χ4n) is 5.74. The summed E-state index contributed by atoms with van der Waals surface area (Å²) in [7, 11) is 1.69. The van der Waals surface area contributed by atoms with Crippen LogP contribution in [0, 0.1) is 11.8 Å². The first-order valence-corrected chi connectivity index (χ1v) is 12.9. The van der Waals surface area contributed by atoms with Gasteiger partial charge in [0.25, 0.3) is 0 Å². The van der Waals surface area contributed by atoms with Crippen LogP contribution in [0.5, 0.6) is 5.75 Å². The van der Waals surface area contributed by atoms with E-state index in [9.17, 15) is 4.79 Å². The molecule has 0 bridgehead atoms. The Kier molecular flexibility index (Phi) is 8.44. The third kappa shape index (κ3) is 5.55. The van der Waals surface area contributed by atoms with Gasteiger partial charge < -0.3 is 14.8 Å². The number of carbonyl (C=O) groups is 1. The molecule has 2 aliphatic carbocycles. The van der Waals surface area contributed by atoms with Crippen LogP contribution in [0.3, 0.4) is 0 Å². The minimum absolute atomic E-state index is 0.0116. The summed E-state index contributed by atoms with van der Waals surface area (Å²) in [6.07, 6.45) is 10.2.